The molecule has 0 bridgehead atoms. The third kappa shape index (κ3) is 2.67. The highest BCUT2D eigenvalue weighted by molar-refractivity contribution is 6.36. The zero-order valence-corrected chi connectivity index (χ0v) is 12.8. The average Bonchev–Trinajstić information content (AvgIpc) is 3.17. The third-order valence-electron chi connectivity index (χ3n) is 4.77. The second kappa shape index (κ2) is 6.10. The first-order chi connectivity index (χ1) is 10.2. The number of nitrogens with two attached hydrogens (primary N) is 1. The number of aromatic nitrogens is 1. The Hall–Kier alpha value is -1.49. The molecular weight excluding hydrogens is 288 g/mol. The second-order valence-electron chi connectivity index (χ2n) is 5.93. The van der Waals surface area contributed by atoms with Crippen molar-refractivity contribution in [3.63, 3.8) is 0 Å². The van der Waals surface area contributed by atoms with Gasteiger partial charge in [0.25, 0.3) is 0 Å². The summed E-state index contributed by atoms with van der Waals surface area (Å²) in [5.74, 6) is 1.55. The molecule has 3 N–H and O–H groups in total. The van der Waals surface area contributed by atoms with Crippen molar-refractivity contribution in [3.05, 3.63) is 22.8 Å². The molecule has 5 nitrogen and oxygen atoms in total. The molecule has 1 aromatic heterocycles. The van der Waals surface area contributed by atoms with Gasteiger partial charge in [0, 0.05) is 24.3 Å². The molecule has 0 aromatic carbocycles. The molecule has 0 amide bonds. The van der Waals surface area contributed by atoms with Crippen LogP contribution in [0.1, 0.15) is 44.1 Å². The van der Waals surface area contributed by atoms with Crippen molar-refractivity contribution < 1.29 is 5.21 Å². The van der Waals surface area contributed by atoms with E-state index in [2.05, 4.69) is 15.0 Å². The summed E-state index contributed by atoms with van der Waals surface area (Å²) in [7, 11) is 0. The van der Waals surface area contributed by atoms with E-state index in [9.17, 15) is 0 Å². The van der Waals surface area contributed by atoms with Gasteiger partial charge in [-0.25, -0.2) is 4.98 Å². The van der Waals surface area contributed by atoms with Gasteiger partial charge in [0.1, 0.15) is 5.82 Å². The van der Waals surface area contributed by atoms with Crippen LogP contribution in [0.15, 0.2) is 17.4 Å². The van der Waals surface area contributed by atoms with E-state index in [-0.39, 0.29) is 5.84 Å². The number of anilines is 1. The van der Waals surface area contributed by atoms with Gasteiger partial charge in [-0.05, 0) is 37.7 Å². The maximum atomic E-state index is 8.86. The molecule has 1 aromatic rings. The van der Waals surface area contributed by atoms with Crippen LogP contribution < -0.4 is 10.6 Å². The minimum Gasteiger partial charge on any atom is -0.409 e. The van der Waals surface area contributed by atoms with Crippen LogP contribution in [-0.4, -0.2) is 28.6 Å². The van der Waals surface area contributed by atoms with E-state index in [0.29, 0.717) is 16.6 Å². The number of halogens is 1. The predicted molar refractivity (Wildman–Crippen MR) is 84.1 cm³/mol. The fourth-order valence-corrected chi connectivity index (χ4v) is 4.09. The molecule has 2 heterocycles. The molecule has 1 atom stereocenters. The number of hydrogen-bond donors (Lipinski definition) is 2. The van der Waals surface area contributed by atoms with Gasteiger partial charge < -0.3 is 15.8 Å². The zero-order chi connectivity index (χ0) is 14.8. The van der Waals surface area contributed by atoms with Gasteiger partial charge in [0.05, 0.1) is 5.02 Å². The largest absolute Gasteiger partial charge is 0.409 e. The Kier molecular flexibility index (Phi) is 4.19. The summed E-state index contributed by atoms with van der Waals surface area (Å²) in [6, 6.07) is 2.21. The molecule has 0 spiro atoms. The van der Waals surface area contributed by atoms with Crippen molar-refractivity contribution >= 4 is 23.3 Å². The van der Waals surface area contributed by atoms with Gasteiger partial charge >= 0.3 is 0 Å². The highest BCUT2D eigenvalue weighted by atomic mass is 35.5. The van der Waals surface area contributed by atoms with E-state index < -0.39 is 0 Å². The summed E-state index contributed by atoms with van der Waals surface area (Å²) in [6.45, 7) is 0.980. The molecule has 1 aliphatic heterocycles. The topological polar surface area (TPSA) is 74.7 Å². The average molecular weight is 309 g/mol. The van der Waals surface area contributed by atoms with Crippen LogP contribution in [0, 0.1) is 5.92 Å². The summed E-state index contributed by atoms with van der Waals surface area (Å²) < 4.78 is 0. The molecular formula is C15H21ClN4O. The van der Waals surface area contributed by atoms with Crippen LogP contribution >= 0.6 is 11.6 Å². The van der Waals surface area contributed by atoms with E-state index >= 15 is 0 Å². The Bertz CT molecular complexity index is 542. The minimum atomic E-state index is 0.0280. The molecule has 0 radical (unpaired) electrons. The SMILES string of the molecule is N/C(=N/O)c1ccnc(N2CCCC2C2CCCC2)c1Cl. The summed E-state index contributed by atoms with van der Waals surface area (Å²) in [6.07, 6.45) is 9.33. The van der Waals surface area contributed by atoms with E-state index in [1.165, 1.54) is 38.5 Å². The molecule has 2 fully saturated rings. The Morgan fingerprint density at radius 2 is 2.10 bits per heavy atom. The summed E-state index contributed by atoms with van der Waals surface area (Å²) >= 11 is 6.46. The van der Waals surface area contributed by atoms with Crippen LogP contribution in [0.25, 0.3) is 0 Å². The first-order valence-electron chi connectivity index (χ1n) is 7.61. The highest BCUT2D eigenvalue weighted by Gasteiger charge is 2.35. The summed E-state index contributed by atoms with van der Waals surface area (Å²) in [4.78, 5) is 6.79. The number of pyridine rings is 1. The molecule has 6 heteroatoms. The van der Waals surface area contributed by atoms with Crippen LogP contribution in [-0.2, 0) is 0 Å². The lowest BCUT2D eigenvalue weighted by Gasteiger charge is -2.31. The lowest BCUT2D eigenvalue weighted by molar-refractivity contribution is 0.318. The second-order valence-corrected chi connectivity index (χ2v) is 6.31. The standard InChI is InChI=1S/C15H21ClN4O/c16-13-11(14(17)19-21)7-8-18-15(13)20-9-3-6-12(20)10-4-1-2-5-10/h7-8,10,12,21H,1-6,9H2,(H2,17,19). The van der Waals surface area contributed by atoms with Gasteiger partial charge in [-0.1, -0.05) is 29.6 Å². The molecule has 114 valence electrons. The fraction of sp³-hybridized carbons (Fsp3) is 0.600. The van der Waals surface area contributed by atoms with Gasteiger partial charge in [-0.15, -0.1) is 0 Å². The zero-order valence-electron chi connectivity index (χ0n) is 12.0. The van der Waals surface area contributed by atoms with Gasteiger partial charge in [0.15, 0.2) is 5.84 Å². The van der Waals surface area contributed by atoms with E-state index in [1.54, 1.807) is 12.3 Å². The Morgan fingerprint density at radius 1 is 1.33 bits per heavy atom. The minimum absolute atomic E-state index is 0.0280. The molecule has 3 rings (SSSR count). The number of amidine groups is 1. The van der Waals surface area contributed by atoms with Crippen molar-refractivity contribution in [2.45, 2.75) is 44.6 Å². The van der Waals surface area contributed by atoms with E-state index in [1.807, 2.05) is 0 Å². The van der Waals surface area contributed by atoms with Gasteiger partial charge in [-0.3, -0.25) is 0 Å². The molecule has 1 saturated carbocycles. The van der Waals surface area contributed by atoms with Crippen molar-refractivity contribution in [3.8, 4) is 0 Å². The summed E-state index contributed by atoms with van der Waals surface area (Å²) in [5.41, 5.74) is 6.23. The van der Waals surface area contributed by atoms with Crippen LogP contribution in [0.2, 0.25) is 5.02 Å². The Labute approximate surface area is 129 Å². The normalized spacial score (nSPS) is 24.0. The first-order valence-corrected chi connectivity index (χ1v) is 7.99. The van der Waals surface area contributed by atoms with Crippen molar-refractivity contribution in [2.75, 3.05) is 11.4 Å². The Morgan fingerprint density at radius 3 is 2.81 bits per heavy atom. The first kappa shape index (κ1) is 14.4. The third-order valence-corrected chi connectivity index (χ3v) is 5.14. The van der Waals surface area contributed by atoms with Crippen molar-refractivity contribution in [1.82, 2.24) is 4.98 Å². The van der Waals surface area contributed by atoms with Gasteiger partial charge in [-0.2, -0.15) is 0 Å². The monoisotopic (exact) mass is 308 g/mol. The maximum absolute atomic E-state index is 8.86. The Balaban J connectivity index is 1.92. The smallest absolute Gasteiger partial charge is 0.171 e. The number of rotatable bonds is 3. The predicted octanol–water partition coefficient (Wildman–Crippen LogP) is 2.99. The molecule has 1 unspecified atom stereocenters. The molecule has 2 aliphatic rings. The van der Waals surface area contributed by atoms with Crippen LogP contribution in [0.5, 0.6) is 0 Å². The molecule has 1 aliphatic carbocycles. The maximum Gasteiger partial charge on any atom is 0.171 e. The summed E-state index contributed by atoms with van der Waals surface area (Å²) in [5, 5.41) is 12.4. The van der Waals surface area contributed by atoms with E-state index in [4.69, 9.17) is 22.5 Å². The van der Waals surface area contributed by atoms with Crippen molar-refractivity contribution in [2.24, 2.45) is 16.8 Å². The van der Waals surface area contributed by atoms with Crippen LogP contribution in [0.4, 0.5) is 5.82 Å². The lowest BCUT2D eigenvalue weighted by atomic mass is 9.96. The fourth-order valence-electron chi connectivity index (χ4n) is 3.77. The van der Waals surface area contributed by atoms with E-state index in [0.717, 1.165) is 18.3 Å². The highest BCUT2D eigenvalue weighted by Crippen LogP contribution is 2.39. The quantitative estimate of drug-likeness (QED) is 0.389. The number of oxime groups is 1. The van der Waals surface area contributed by atoms with Crippen molar-refractivity contribution in [1.29, 1.82) is 0 Å². The molecule has 1 saturated heterocycles. The van der Waals surface area contributed by atoms with Crippen LogP contribution in [0.3, 0.4) is 0 Å². The molecule has 21 heavy (non-hydrogen) atoms. The lowest BCUT2D eigenvalue weighted by Crippen LogP contribution is -2.35. The number of nitrogens with zero attached hydrogens (tertiary/aromatic N) is 3. The van der Waals surface area contributed by atoms with Gasteiger partial charge in [0.2, 0.25) is 0 Å². The number of hydrogen-bond acceptors (Lipinski definition) is 4.